The Labute approximate surface area is 115 Å². The zero-order valence-corrected chi connectivity index (χ0v) is 11.8. The van der Waals surface area contributed by atoms with Crippen molar-refractivity contribution in [3.8, 4) is 0 Å². The lowest BCUT2D eigenvalue weighted by Gasteiger charge is -2.32. The number of aliphatic hydroxyl groups excluding tert-OH is 1. The number of aliphatic hydroxyl groups is 1. The molecule has 0 aromatic rings. The number of carbonyl (C=O) groups is 1. The summed E-state index contributed by atoms with van der Waals surface area (Å²) in [7, 11) is 0. The number of rotatable bonds is 4. The van der Waals surface area contributed by atoms with Gasteiger partial charge in [0.2, 0.25) is 0 Å². The molecule has 0 radical (unpaired) electrons. The Balaban J connectivity index is 1.53. The maximum absolute atomic E-state index is 12.0. The lowest BCUT2D eigenvalue weighted by Crippen LogP contribution is -2.50. The van der Waals surface area contributed by atoms with E-state index in [4.69, 9.17) is 5.11 Å². The van der Waals surface area contributed by atoms with E-state index in [1.165, 1.54) is 32.1 Å². The molecule has 2 amide bonds. The van der Waals surface area contributed by atoms with E-state index in [1.807, 2.05) is 6.92 Å². The second kappa shape index (κ2) is 5.31. The van der Waals surface area contributed by atoms with Crippen LogP contribution in [0.4, 0.5) is 4.79 Å². The number of hydrogen-bond acceptors (Lipinski definition) is 2. The topological polar surface area (TPSA) is 61.4 Å². The van der Waals surface area contributed by atoms with Gasteiger partial charge < -0.3 is 15.7 Å². The Hall–Kier alpha value is -0.770. The Kier molecular flexibility index (Phi) is 3.70. The van der Waals surface area contributed by atoms with Crippen LogP contribution >= 0.6 is 0 Å². The number of hydrogen-bond donors (Lipinski definition) is 3. The lowest BCUT2D eigenvalue weighted by molar-refractivity contribution is 0.188. The Morgan fingerprint density at radius 1 is 1.26 bits per heavy atom. The van der Waals surface area contributed by atoms with Crippen LogP contribution in [0.1, 0.15) is 45.4 Å². The predicted molar refractivity (Wildman–Crippen MR) is 73.7 cm³/mol. The summed E-state index contributed by atoms with van der Waals surface area (Å²) in [6, 6.07) is 0.173. The Morgan fingerprint density at radius 3 is 2.79 bits per heavy atom. The summed E-state index contributed by atoms with van der Waals surface area (Å²) >= 11 is 0. The van der Waals surface area contributed by atoms with Crippen LogP contribution in [-0.2, 0) is 0 Å². The fourth-order valence-electron chi connectivity index (χ4n) is 4.91. The molecule has 0 aromatic heterocycles. The van der Waals surface area contributed by atoms with E-state index in [2.05, 4.69) is 10.6 Å². The number of urea groups is 1. The van der Waals surface area contributed by atoms with Crippen molar-refractivity contribution < 1.29 is 9.90 Å². The number of fused-ring (bicyclic) bond motifs is 5. The fraction of sp³-hybridized carbons (Fsp3) is 0.933. The maximum atomic E-state index is 12.0. The first-order valence-electron chi connectivity index (χ1n) is 7.90. The van der Waals surface area contributed by atoms with Crippen LogP contribution in [-0.4, -0.2) is 29.8 Å². The zero-order chi connectivity index (χ0) is 13.4. The maximum Gasteiger partial charge on any atom is 0.315 e. The van der Waals surface area contributed by atoms with Gasteiger partial charge in [-0.25, -0.2) is 4.79 Å². The predicted octanol–water partition coefficient (Wildman–Crippen LogP) is 1.88. The molecule has 3 rings (SSSR count). The average molecular weight is 266 g/mol. The van der Waals surface area contributed by atoms with E-state index in [0.717, 1.165) is 30.1 Å². The molecule has 4 heteroatoms. The van der Waals surface area contributed by atoms with Gasteiger partial charge in [0.25, 0.3) is 0 Å². The van der Waals surface area contributed by atoms with Gasteiger partial charge in [-0.1, -0.05) is 13.3 Å². The van der Waals surface area contributed by atoms with Crippen molar-refractivity contribution in [2.75, 3.05) is 6.61 Å². The summed E-state index contributed by atoms with van der Waals surface area (Å²) < 4.78 is 0. The van der Waals surface area contributed by atoms with Crippen LogP contribution in [0.15, 0.2) is 0 Å². The van der Waals surface area contributed by atoms with Crippen LogP contribution in [0.5, 0.6) is 0 Å². The minimum absolute atomic E-state index is 0.0192. The summed E-state index contributed by atoms with van der Waals surface area (Å²) in [5.41, 5.74) is 0. The van der Waals surface area contributed by atoms with Crippen molar-refractivity contribution in [3.63, 3.8) is 0 Å². The molecular formula is C15H26N2O2. The molecule has 0 spiro atoms. The van der Waals surface area contributed by atoms with Gasteiger partial charge in [-0.15, -0.1) is 0 Å². The molecule has 0 aliphatic heterocycles. The molecule has 3 N–H and O–H groups in total. The molecule has 6 unspecified atom stereocenters. The molecule has 3 saturated carbocycles. The minimum Gasteiger partial charge on any atom is -0.394 e. The van der Waals surface area contributed by atoms with Crippen molar-refractivity contribution in [2.24, 2.45) is 23.7 Å². The molecule has 3 aliphatic rings. The molecule has 0 aromatic carbocycles. The van der Waals surface area contributed by atoms with Crippen LogP contribution < -0.4 is 10.6 Å². The van der Waals surface area contributed by atoms with Gasteiger partial charge in [-0.05, 0) is 55.8 Å². The lowest BCUT2D eigenvalue weighted by atomic mass is 9.79. The minimum atomic E-state index is -0.113. The molecular weight excluding hydrogens is 240 g/mol. The van der Waals surface area contributed by atoms with Gasteiger partial charge in [0.1, 0.15) is 0 Å². The second-order valence-electron chi connectivity index (χ2n) is 6.67. The first-order valence-corrected chi connectivity index (χ1v) is 7.90. The van der Waals surface area contributed by atoms with E-state index in [1.54, 1.807) is 0 Å². The third-order valence-corrected chi connectivity index (χ3v) is 5.79. The molecule has 0 saturated heterocycles. The molecule has 3 fully saturated rings. The highest BCUT2D eigenvalue weighted by molar-refractivity contribution is 5.74. The normalized spacial score (nSPS) is 41.1. The van der Waals surface area contributed by atoms with Crippen LogP contribution in [0.2, 0.25) is 0 Å². The first-order chi connectivity index (χ1) is 9.22. The monoisotopic (exact) mass is 266 g/mol. The summed E-state index contributed by atoms with van der Waals surface area (Å²) in [5.74, 6) is 3.43. The standard InChI is InChI=1S/C15H26N2O2/c1-2-10(8-18)16-15(19)17-14-7-9-6-13(14)12-5-3-4-11(9)12/h9-14,18H,2-8H2,1H3,(H2,16,17,19). The van der Waals surface area contributed by atoms with Gasteiger partial charge in [0, 0.05) is 6.04 Å². The van der Waals surface area contributed by atoms with E-state index in [-0.39, 0.29) is 18.7 Å². The smallest absolute Gasteiger partial charge is 0.315 e. The summed E-state index contributed by atoms with van der Waals surface area (Å²) in [6.07, 6.45) is 7.47. The molecule has 19 heavy (non-hydrogen) atoms. The highest BCUT2D eigenvalue weighted by atomic mass is 16.3. The highest BCUT2D eigenvalue weighted by Gasteiger charge is 2.54. The van der Waals surface area contributed by atoms with Crippen molar-refractivity contribution in [1.82, 2.24) is 10.6 Å². The molecule has 3 aliphatic carbocycles. The van der Waals surface area contributed by atoms with E-state index >= 15 is 0 Å². The van der Waals surface area contributed by atoms with Crippen LogP contribution in [0.3, 0.4) is 0 Å². The zero-order valence-electron chi connectivity index (χ0n) is 11.8. The quantitative estimate of drug-likeness (QED) is 0.727. The van der Waals surface area contributed by atoms with Crippen LogP contribution in [0.25, 0.3) is 0 Å². The second-order valence-corrected chi connectivity index (χ2v) is 6.67. The molecule has 4 nitrogen and oxygen atoms in total. The first kappa shape index (κ1) is 13.2. The molecule has 6 atom stereocenters. The fourth-order valence-corrected chi connectivity index (χ4v) is 4.91. The Bertz CT molecular complexity index is 343. The molecule has 2 bridgehead atoms. The van der Waals surface area contributed by atoms with Crippen molar-refractivity contribution in [2.45, 2.75) is 57.5 Å². The number of carbonyl (C=O) groups excluding carboxylic acids is 1. The molecule has 108 valence electrons. The number of nitrogens with one attached hydrogen (secondary N) is 2. The van der Waals surface area contributed by atoms with Crippen molar-refractivity contribution in [3.05, 3.63) is 0 Å². The van der Waals surface area contributed by atoms with Crippen LogP contribution in [0, 0.1) is 23.7 Å². The third kappa shape index (κ3) is 2.35. The summed E-state index contributed by atoms with van der Waals surface area (Å²) in [4.78, 5) is 12.0. The summed E-state index contributed by atoms with van der Waals surface area (Å²) in [5, 5.41) is 15.1. The highest BCUT2D eigenvalue weighted by Crippen LogP contribution is 2.58. The Morgan fingerprint density at radius 2 is 2.05 bits per heavy atom. The van der Waals surface area contributed by atoms with Crippen molar-refractivity contribution >= 4 is 6.03 Å². The third-order valence-electron chi connectivity index (χ3n) is 5.79. The van der Waals surface area contributed by atoms with Crippen molar-refractivity contribution in [1.29, 1.82) is 0 Å². The SMILES string of the molecule is CCC(CO)NC(=O)NC1CC2CC1C1CCCC21. The number of amides is 2. The van der Waals surface area contributed by atoms with E-state index < -0.39 is 0 Å². The van der Waals surface area contributed by atoms with E-state index in [0.29, 0.717) is 6.04 Å². The molecule has 0 heterocycles. The van der Waals surface area contributed by atoms with Gasteiger partial charge >= 0.3 is 6.03 Å². The largest absolute Gasteiger partial charge is 0.394 e. The average Bonchev–Trinajstić information content (AvgIpc) is 3.07. The van der Waals surface area contributed by atoms with Gasteiger partial charge in [-0.3, -0.25) is 0 Å². The van der Waals surface area contributed by atoms with E-state index in [9.17, 15) is 4.79 Å². The van der Waals surface area contributed by atoms with Gasteiger partial charge in [0.15, 0.2) is 0 Å². The summed E-state index contributed by atoms with van der Waals surface area (Å²) in [6.45, 7) is 1.99. The van der Waals surface area contributed by atoms with Gasteiger partial charge in [0.05, 0.1) is 12.6 Å². The van der Waals surface area contributed by atoms with Gasteiger partial charge in [-0.2, -0.15) is 0 Å².